The number of hydrogen-bond acceptors (Lipinski definition) is 4. The fourth-order valence-electron chi connectivity index (χ4n) is 2.82. The van der Waals surface area contributed by atoms with Gasteiger partial charge in [0.1, 0.15) is 22.3 Å². The van der Waals surface area contributed by atoms with Crippen molar-refractivity contribution in [1.82, 2.24) is 15.2 Å². The molecule has 1 aliphatic heterocycles. The lowest BCUT2D eigenvalue weighted by atomic mass is 10.1. The van der Waals surface area contributed by atoms with Gasteiger partial charge in [-0.1, -0.05) is 6.07 Å². The number of benzene rings is 1. The van der Waals surface area contributed by atoms with E-state index < -0.39 is 11.6 Å². The second-order valence-corrected chi connectivity index (χ2v) is 6.46. The molecule has 3 rings (SSSR count). The Labute approximate surface area is 149 Å². The number of nitrogens with zero attached hydrogens (tertiary/aromatic N) is 2. The van der Waals surface area contributed by atoms with Gasteiger partial charge in [0.05, 0.1) is 5.56 Å². The zero-order valence-electron chi connectivity index (χ0n) is 13.1. The second kappa shape index (κ2) is 8.00. The standard InChI is InChI=1S/C16H17F2N3OS.ClH/c1-19-7-10-5-6-21(8-10)16(22)13-9-23-15(20-13)14-11(17)3-2-4-12(14)18;/h2-4,9-10,19H,5-8H2,1H3;1H. The molecule has 0 saturated carbocycles. The monoisotopic (exact) mass is 373 g/mol. The van der Waals surface area contributed by atoms with Gasteiger partial charge in [-0.15, -0.1) is 23.7 Å². The Bertz CT molecular complexity index is 705. The summed E-state index contributed by atoms with van der Waals surface area (Å²) in [6.07, 6.45) is 0.950. The molecule has 1 aromatic heterocycles. The molecule has 0 bridgehead atoms. The first kappa shape index (κ1) is 18.8. The molecule has 1 saturated heterocycles. The van der Waals surface area contributed by atoms with Crippen molar-refractivity contribution >= 4 is 29.7 Å². The minimum absolute atomic E-state index is 0. The van der Waals surface area contributed by atoms with Crippen molar-refractivity contribution in [2.75, 3.05) is 26.7 Å². The average Bonchev–Trinajstić information content (AvgIpc) is 3.16. The highest BCUT2D eigenvalue weighted by Crippen LogP contribution is 2.29. The van der Waals surface area contributed by atoms with Gasteiger partial charge in [-0.25, -0.2) is 13.8 Å². The van der Waals surface area contributed by atoms with Crippen molar-refractivity contribution in [2.45, 2.75) is 6.42 Å². The maximum atomic E-state index is 13.8. The highest BCUT2D eigenvalue weighted by molar-refractivity contribution is 7.13. The Kier molecular flexibility index (Phi) is 6.26. The van der Waals surface area contributed by atoms with Gasteiger partial charge in [0, 0.05) is 18.5 Å². The van der Waals surface area contributed by atoms with Crippen LogP contribution < -0.4 is 5.32 Å². The quantitative estimate of drug-likeness (QED) is 0.895. The highest BCUT2D eigenvalue weighted by atomic mass is 35.5. The van der Waals surface area contributed by atoms with Crippen molar-refractivity contribution in [1.29, 1.82) is 0 Å². The summed E-state index contributed by atoms with van der Waals surface area (Å²) < 4.78 is 27.6. The molecule has 1 aromatic carbocycles. The first-order chi connectivity index (χ1) is 11.1. The van der Waals surface area contributed by atoms with Crippen LogP contribution in [0.2, 0.25) is 0 Å². The summed E-state index contributed by atoms with van der Waals surface area (Å²) in [6, 6.07) is 3.67. The molecule has 0 spiro atoms. The van der Waals surface area contributed by atoms with Crippen molar-refractivity contribution < 1.29 is 13.6 Å². The van der Waals surface area contributed by atoms with E-state index in [2.05, 4.69) is 10.3 Å². The first-order valence-corrected chi connectivity index (χ1v) is 8.32. The molecule has 1 unspecified atom stereocenters. The number of aromatic nitrogens is 1. The number of carbonyl (C=O) groups excluding carboxylic acids is 1. The number of likely N-dealkylation sites (tertiary alicyclic amines) is 1. The number of carbonyl (C=O) groups is 1. The molecule has 8 heteroatoms. The summed E-state index contributed by atoms with van der Waals surface area (Å²) in [5.74, 6) is -1.09. The lowest BCUT2D eigenvalue weighted by Crippen LogP contribution is -2.30. The van der Waals surface area contributed by atoms with Crippen molar-refractivity contribution in [2.24, 2.45) is 5.92 Å². The van der Waals surface area contributed by atoms with Crippen molar-refractivity contribution in [3.8, 4) is 10.6 Å². The smallest absolute Gasteiger partial charge is 0.273 e. The third-order valence-electron chi connectivity index (χ3n) is 3.97. The van der Waals surface area contributed by atoms with Gasteiger partial charge in [0.25, 0.3) is 5.91 Å². The van der Waals surface area contributed by atoms with E-state index in [0.717, 1.165) is 24.3 Å². The third kappa shape index (κ3) is 3.74. The molecule has 1 N–H and O–H groups in total. The maximum Gasteiger partial charge on any atom is 0.273 e. The molecule has 2 heterocycles. The average molecular weight is 374 g/mol. The fourth-order valence-corrected chi connectivity index (χ4v) is 3.66. The SMILES string of the molecule is CNCC1CCN(C(=O)c2csc(-c3c(F)cccc3F)n2)C1.Cl. The van der Waals surface area contributed by atoms with Crippen LogP contribution in [-0.2, 0) is 0 Å². The van der Waals surface area contributed by atoms with Crippen molar-refractivity contribution in [3.63, 3.8) is 0 Å². The lowest BCUT2D eigenvalue weighted by molar-refractivity contribution is 0.0782. The summed E-state index contributed by atoms with van der Waals surface area (Å²) in [5.41, 5.74) is 0.0730. The molecular formula is C16H18ClF2N3OS. The van der Waals surface area contributed by atoms with E-state index in [1.54, 1.807) is 10.3 Å². The normalized spacial score (nSPS) is 17.0. The van der Waals surface area contributed by atoms with Crippen LogP contribution in [0.1, 0.15) is 16.9 Å². The van der Waals surface area contributed by atoms with Gasteiger partial charge in [-0.2, -0.15) is 0 Å². The van der Waals surface area contributed by atoms with Crippen molar-refractivity contribution in [3.05, 3.63) is 40.9 Å². The van der Waals surface area contributed by atoms with E-state index in [4.69, 9.17) is 0 Å². The molecule has 1 atom stereocenters. The Hall–Kier alpha value is -1.57. The van der Waals surface area contributed by atoms with Gasteiger partial charge < -0.3 is 10.2 Å². The van der Waals surface area contributed by atoms with E-state index in [9.17, 15) is 13.6 Å². The summed E-state index contributed by atoms with van der Waals surface area (Å²) in [6.45, 7) is 2.24. The van der Waals surface area contributed by atoms with E-state index in [1.807, 2.05) is 7.05 Å². The molecule has 2 aromatic rings. The fraction of sp³-hybridized carbons (Fsp3) is 0.375. The van der Waals surface area contributed by atoms with Crippen LogP contribution >= 0.6 is 23.7 Å². The highest BCUT2D eigenvalue weighted by Gasteiger charge is 2.28. The summed E-state index contributed by atoms with van der Waals surface area (Å²) in [5, 5.41) is 4.87. The van der Waals surface area contributed by atoms with E-state index in [0.29, 0.717) is 19.0 Å². The summed E-state index contributed by atoms with van der Waals surface area (Å²) in [7, 11) is 1.89. The Morgan fingerprint density at radius 3 is 2.79 bits per heavy atom. The molecular weight excluding hydrogens is 356 g/mol. The summed E-state index contributed by atoms with van der Waals surface area (Å²) >= 11 is 1.08. The molecule has 24 heavy (non-hydrogen) atoms. The predicted octanol–water partition coefficient (Wildman–Crippen LogP) is 3.19. The third-order valence-corrected chi connectivity index (χ3v) is 4.83. The van der Waals surface area contributed by atoms with Gasteiger partial charge in [0.15, 0.2) is 0 Å². The predicted molar refractivity (Wildman–Crippen MR) is 92.7 cm³/mol. The van der Waals surface area contributed by atoms with Gasteiger partial charge in [0.2, 0.25) is 0 Å². The number of rotatable bonds is 4. The summed E-state index contributed by atoms with van der Waals surface area (Å²) in [4.78, 5) is 18.4. The Balaban J connectivity index is 0.00000208. The molecule has 1 aliphatic rings. The maximum absolute atomic E-state index is 13.8. The molecule has 4 nitrogen and oxygen atoms in total. The van der Waals surface area contributed by atoms with E-state index >= 15 is 0 Å². The number of thiazole rings is 1. The number of halogens is 3. The van der Waals surface area contributed by atoms with Crippen LogP contribution in [0.25, 0.3) is 10.6 Å². The van der Waals surface area contributed by atoms with Crippen LogP contribution in [0, 0.1) is 17.6 Å². The largest absolute Gasteiger partial charge is 0.337 e. The number of hydrogen-bond donors (Lipinski definition) is 1. The minimum Gasteiger partial charge on any atom is -0.337 e. The Morgan fingerprint density at radius 1 is 1.42 bits per heavy atom. The van der Waals surface area contributed by atoms with E-state index in [1.165, 1.54) is 18.2 Å². The van der Waals surface area contributed by atoms with Crippen LogP contribution in [0.4, 0.5) is 8.78 Å². The first-order valence-electron chi connectivity index (χ1n) is 7.44. The molecule has 1 fully saturated rings. The minimum atomic E-state index is -0.673. The van der Waals surface area contributed by atoms with E-state index in [-0.39, 0.29) is 34.6 Å². The van der Waals surface area contributed by atoms with Crippen LogP contribution in [0.15, 0.2) is 23.6 Å². The van der Waals surface area contributed by atoms with Gasteiger partial charge in [-0.05, 0) is 38.1 Å². The Morgan fingerprint density at radius 2 is 2.12 bits per heavy atom. The second-order valence-electron chi connectivity index (χ2n) is 5.60. The topological polar surface area (TPSA) is 45.2 Å². The van der Waals surface area contributed by atoms with Gasteiger partial charge >= 0.3 is 0 Å². The van der Waals surface area contributed by atoms with Crippen LogP contribution in [0.3, 0.4) is 0 Å². The lowest BCUT2D eigenvalue weighted by Gasteiger charge is -2.15. The zero-order chi connectivity index (χ0) is 16.4. The van der Waals surface area contributed by atoms with Gasteiger partial charge in [-0.3, -0.25) is 4.79 Å². The van der Waals surface area contributed by atoms with Crippen LogP contribution in [-0.4, -0.2) is 42.5 Å². The molecule has 130 valence electrons. The molecule has 0 radical (unpaired) electrons. The van der Waals surface area contributed by atoms with Crippen LogP contribution in [0.5, 0.6) is 0 Å². The molecule has 0 aliphatic carbocycles. The number of amides is 1. The number of nitrogens with one attached hydrogen (secondary N) is 1. The molecule has 1 amide bonds. The zero-order valence-corrected chi connectivity index (χ0v) is 14.7.